The molecule has 10 heteroatoms. The quantitative estimate of drug-likeness (QED) is 0.0554. The van der Waals surface area contributed by atoms with Crippen molar-refractivity contribution in [3.05, 3.63) is 324 Å². The van der Waals surface area contributed by atoms with Gasteiger partial charge in [0.2, 0.25) is 11.4 Å². The van der Waals surface area contributed by atoms with Crippen LogP contribution < -0.4 is 38.5 Å². The lowest BCUT2D eigenvalue weighted by Crippen LogP contribution is -2.49. The first-order chi connectivity index (χ1) is 55.6. The van der Waals surface area contributed by atoms with Crippen LogP contribution in [0.2, 0.25) is 0 Å². The van der Waals surface area contributed by atoms with Crippen LogP contribution >= 0.6 is 0 Å². The van der Waals surface area contributed by atoms with Crippen LogP contribution in [-0.2, 0) is 26.2 Å². The summed E-state index contributed by atoms with van der Waals surface area (Å²) in [6.07, 6.45) is 14.7. The second-order valence-corrected chi connectivity index (χ2v) is 36.3. The monoisotopic (exact) mass is 1550 g/mol. The summed E-state index contributed by atoms with van der Waals surface area (Å²) < 4.78 is 4.78. The van der Waals surface area contributed by atoms with Crippen molar-refractivity contribution in [2.45, 2.75) is 265 Å². The zero-order valence-electron chi connectivity index (χ0n) is 74.9. The fourth-order valence-electron chi connectivity index (χ4n) is 18.3. The van der Waals surface area contributed by atoms with Gasteiger partial charge in [0.1, 0.15) is 37.8 Å². The number of para-hydroxylation sites is 8. The Morgan fingerprint density at radius 2 is 0.517 bits per heavy atom. The van der Waals surface area contributed by atoms with Gasteiger partial charge in [-0.05, 0) is 180 Å². The van der Waals surface area contributed by atoms with Gasteiger partial charge in [-0.3, -0.25) is 0 Å². The smallest absolute Gasteiger partial charge is 0.201 e. The minimum atomic E-state index is 0.224. The lowest BCUT2D eigenvalue weighted by molar-refractivity contribution is -0.724. The molecule has 0 bridgehead atoms. The zero-order chi connectivity index (χ0) is 83.3. The minimum absolute atomic E-state index is 0.224. The molecule has 612 valence electrons. The molecule has 2 unspecified atom stereocenters. The topological polar surface area (TPSA) is 33.7 Å². The molecule has 0 fully saturated rings. The molecule has 10 aromatic rings. The number of aromatic nitrogens is 2. The molecule has 8 aromatic carbocycles. The van der Waals surface area contributed by atoms with E-state index in [4.69, 9.17) is 0 Å². The number of rotatable bonds is 24. The SMILES string of the molecule is CC(C)c1ccccc1CN1C=CN(Cc2cccc[n+]2C(C)C)C1C(C)C.CC(C)c1ccccc1CN1c2ccccc2N(Cc2cccc[n+]2C(C)C)C1C(C)C.CC(C)c1ccccc1N1C=CN(c2ccccc2C(C)C)C1C(C)C.CC(C)c1ccccc1N1c2ccccc2N(c2ccccc2C(C)C)C1C(C)C. The van der Waals surface area contributed by atoms with Crippen molar-refractivity contribution in [2.24, 2.45) is 23.7 Å². The molecule has 2 atom stereocenters. The van der Waals surface area contributed by atoms with Gasteiger partial charge in [0.05, 0.1) is 22.7 Å². The van der Waals surface area contributed by atoms with E-state index in [-0.39, 0.29) is 12.3 Å². The molecule has 4 aliphatic rings. The van der Waals surface area contributed by atoms with Gasteiger partial charge in [-0.2, -0.15) is 9.13 Å². The largest absolute Gasteiger partial charge is 0.351 e. The van der Waals surface area contributed by atoms with E-state index in [9.17, 15) is 0 Å². The van der Waals surface area contributed by atoms with Crippen LogP contribution in [0.4, 0.5) is 45.5 Å². The van der Waals surface area contributed by atoms with Crippen LogP contribution in [-0.4, -0.2) is 34.5 Å². The summed E-state index contributed by atoms with van der Waals surface area (Å²) in [5, 5.41) is 0. The van der Waals surface area contributed by atoms with Gasteiger partial charge in [0, 0.05) is 84.9 Å². The maximum atomic E-state index is 2.63. The van der Waals surface area contributed by atoms with Crippen molar-refractivity contribution in [1.82, 2.24) is 9.80 Å². The van der Waals surface area contributed by atoms with Crippen molar-refractivity contribution in [1.29, 1.82) is 0 Å². The van der Waals surface area contributed by atoms with Crippen LogP contribution in [0.1, 0.15) is 270 Å². The van der Waals surface area contributed by atoms with Crippen LogP contribution in [0, 0.1) is 23.7 Å². The van der Waals surface area contributed by atoms with Gasteiger partial charge < -0.3 is 39.2 Å². The second-order valence-electron chi connectivity index (χ2n) is 36.3. The first-order valence-electron chi connectivity index (χ1n) is 43.8. The highest BCUT2D eigenvalue weighted by Gasteiger charge is 2.43. The lowest BCUT2D eigenvalue weighted by Gasteiger charge is -2.38. The lowest BCUT2D eigenvalue weighted by atomic mass is 9.96. The molecule has 0 spiro atoms. The first kappa shape index (κ1) is 86.8. The predicted octanol–water partition coefficient (Wildman–Crippen LogP) is 27.1. The first-order valence-corrected chi connectivity index (χ1v) is 43.8. The summed E-state index contributed by atoms with van der Waals surface area (Å²) in [7, 11) is 0. The number of benzene rings is 8. The Bertz CT molecular complexity index is 4580. The van der Waals surface area contributed by atoms with E-state index in [1.165, 1.54) is 101 Å². The number of nitrogens with zero attached hydrogens (tertiary/aromatic N) is 10. The summed E-state index contributed by atoms with van der Waals surface area (Å²) >= 11 is 0. The van der Waals surface area contributed by atoms with Crippen molar-refractivity contribution in [3.8, 4) is 0 Å². The average molecular weight is 1550 g/mol. The Labute approximate surface area is 701 Å². The molecule has 0 saturated heterocycles. The Morgan fingerprint density at radius 3 is 0.879 bits per heavy atom. The zero-order valence-corrected chi connectivity index (χ0v) is 74.9. The van der Waals surface area contributed by atoms with E-state index in [1.54, 1.807) is 0 Å². The summed E-state index contributed by atoms with van der Waals surface area (Å²) in [5.74, 6) is 4.98. The standard InChI is InChI=1S/C29H38N3.C28H34N2.C25H36N3.C24H32N2/c1-21(2)26-15-8-7-13-24(26)19-31-27-16-9-10-17-28(27)32(29(31)22(3)4)20-25-14-11-12-18-30(25)23(5)6;1-19(2)22-13-7-9-15-24(22)29-26-17-11-12-18-27(26)30(28(29)21(5)6)25-16-10-8-14-23(25)20(3)4;1-19(2)24-13-8-7-11-22(24)17-26-15-16-27(25(26)20(3)4)18-23-12-9-10-14-28(23)21(5)6;1-17(2)20-11-7-9-13-22(20)25-15-16-26(24(25)19(5)6)23-14-10-8-12-21(23)18(3)4/h7-18,21-23,29H,19-20H2,1-6H3;7-21,28H,1-6H3;7-16,19-21,25H,17-18H2,1-6H3;7-19,24H,1-6H3/q+1;;+1;. The van der Waals surface area contributed by atoms with Crippen molar-refractivity contribution < 1.29 is 9.13 Å². The molecule has 10 nitrogen and oxygen atoms in total. The van der Waals surface area contributed by atoms with E-state index in [1.807, 2.05) is 0 Å². The molecule has 0 aliphatic carbocycles. The Morgan fingerprint density at radius 1 is 0.233 bits per heavy atom. The maximum absolute atomic E-state index is 2.63. The second kappa shape index (κ2) is 39.3. The summed E-state index contributed by atoms with van der Waals surface area (Å²) in [6, 6.07) is 85.1. The third-order valence-electron chi connectivity index (χ3n) is 23.6. The molecule has 4 aliphatic heterocycles. The predicted molar refractivity (Wildman–Crippen MR) is 496 cm³/mol. The van der Waals surface area contributed by atoms with Crippen LogP contribution in [0.5, 0.6) is 0 Å². The molecule has 0 radical (unpaired) electrons. The fourth-order valence-corrected chi connectivity index (χ4v) is 18.3. The highest BCUT2D eigenvalue weighted by molar-refractivity contribution is 5.90. The molecule has 0 saturated carbocycles. The average Bonchev–Trinajstić information content (AvgIpc) is 1.58. The molecule has 116 heavy (non-hydrogen) atoms. The Balaban J connectivity index is 0.000000153. The molecule has 6 heterocycles. The molecular weight excluding hydrogens is 1410 g/mol. The van der Waals surface area contributed by atoms with Crippen molar-refractivity contribution in [2.75, 3.05) is 29.4 Å². The summed E-state index contributed by atoms with van der Waals surface area (Å²) in [5.41, 5.74) is 24.7. The molecule has 14 rings (SSSR count). The number of hydrogen-bond donors (Lipinski definition) is 0. The van der Waals surface area contributed by atoms with Crippen LogP contribution in [0.15, 0.2) is 268 Å². The van der Waals surface area contributed by atoms with Gasteiger partial charge >= 0.3 is 0 Å². The van der Waals surface area contributed by atoms with E-state index in [2.05, 4.69) is 482 Å². The van der Waals surface area contributed by atoms with E-state index in [0.29, 0.717) is 83.6 Å². The molecule has 0 N–H and O–H groups in total. The van der Waals surface area contributed by atoms with E-state index >= 15 is 0 Å². The van der Waals surface area contributed by atoms with E-state index in [0.717, 1.165) is 26.2 Å². The molecular formula is C106H140N10+2. The van der Waals surface area contributed by atoms with Crippen LogP contribution in [0.25, 0.3) is 0 Å². The third-order valence-corrected chi connectivity index (χ3v) is 23.6. The van der Waals surface area contributed by atoms with Gasteiger partial charge in [-0.1, -0.05) is 296 Å². The number of anilines is 8. The third kappa shape index (κ3) is 19.5. The maximum Gasteiger partial charge on any atom is 0.201 e. The minimum Gasteiger partial charge on any atom is -0.351 e. The highest BCUT2D eigenvalue weighted by Crippen LogP contribution is 2.53. The molecule has 0 amide bonds. The van der Waals surface area contributed by atoms with Crippen molar-refractivity contribution in [3.63, 3.8) is 0 Å². The fraction of sp³-hybridized carbons (Fsp3) is 0.415. The van der Waals surface area contributed by atoms with Gasteiger partial charge in [0.25, 0.3) is 0 Å². The van der Waals surface area contributed by atoms with Gasteiger partial charge in [-0.15, -0.1) is 0 Å². The Hall–Kier alpha value is -10.1. The summed E-state index contributed by atoms with van der Waals surface area (Å²) in [4.78, 5) is 20.3. The summed E-state index contributed by atoms with van der Waals surface area (Å²) in [6.45, 7) is 58.8. The van der Waals surface area contributed by atoms with Gasteiger partial charge in [-0.25, -0.2) is 0 Å². The van der Waals surface area contributed by atoms with Crippen molar-refractivity contribution >= 4 is 45.5 Å². The highest BCUT2D eigenvalue weighted by atomic mass is 15.4. The van der Waals surface area contributed by atoms with E-state index < -0.39 is 0 Å². The number of fused-ring (bicyclic) bond motifs is 2. The van der Waals surface area contributed by atoms with Crippen LogP contribution in [0.3, 0.4) is 0 Å². The Kier molecular flexibility index (Phi) is 29.4. The number of pyridine rings is 2. The normalized spacial score (nSPS) is 15.5. The number of hydrogen-bond acceptors (Lipinski definition) is 8. The van der Waals surface area contributed by atoms with Gasteiger partial charge in [0.15, 0.2) is 24.5 Å². The molecule has 2 aromatic heterocycles.